The van der Waals surface area contributed by atoms with Crippen molar-refractivity contribution in [3.8, 4) is 5.75 Å². The Hall–Kier alpha value is -5.07. The van der Waals surface area contributed by atoms with Crippen molar-refractivity contribution in [1.29, 1.82) is 0 Å². The molecule has 0 aliphatic carbocycles. The first-order chi connectivity index (χ1) is 19.6. The van der Waals surface area contributed by atoms with E-state index in [1.54, 1.807) is 5.32 Å². The van der Waals surface area contributed by atoms with Crippen LogP contribution < -0.4 is 15.4 Å². The molecule has 2 amide bonds. The minimum atomic E-state index is -3.41. The predicted octanol–water partition coefficient (Wildman–Crippen LogP) is 4.53. The standard InChI is InChI=1S/C28H27F2N7O4/c1-3-20-25-21(8-5-9-22(25)37(35-20)14-18-7-4-6-17(2)33-18)34-26(38)23-13-31-24-12-19(10-11-36(23)24)41-16-28(29,30)15-32-27(39)40/h4-13,32H,3,14-16H2,1-2H3,(H,34,38)(H,39,40). The maximum Gasteiger partial charge on any atom is 0.404 e. The fourth-order valence-electron chi connectivity index (χ4n) is 4.47. The Balaban J connectivity index is 1.35. The molecule has 5 aromatic rings. The quantitative estimate of drug-likeness (QED) is 0.227. The maximum absolute atomic E-state index is 13.9. The zero-order valence-electron chi connectivity index (χ0n) is 22.3. The molecule has 0 saturated heterocycles. The van der Waals surface area contributed by atoms with Gasteiger partial charge in [-0.25, -0.2) is 18.6 Å². The summed E-state index contributed by atoms with van der Waals surface area (Å²) in [4.78, 5) is 32.6. The van der Waals surface area contributed by atoms with Crippen LogP contribution in [0.2, 0.25) is 0 Å². The summed E-state index contributed by atoms with van der Waals surface area (Å²) in [6.45, 7) is 2.31. The van der Waals surface area contributed by atoms with Crippen molar-refractivity contribution in [3.05, 3.63) is 83.7 Å². The topological polar surface area (TPSA) is 136 Å². The summed E-state index contributed by atoms with van der Waals surface area (Å²) in [5, 5.41) is 18.8. The van der Waals surface area contributed by atoms with E-state index >= 15 is 0 Å². The zero-order valence-corrected chi connectivity index (χ0v) is 22.3. The lowest BCUT2D eigenvalue weighted by Crippen LogP contribution is -2.40. The van der Waals surface area contributed by atoms with Crippen LogP contribution in [-0.2, 0) is 13.0 Å². The van der Waals surface area contributed by atoms with Gasteiger partial charge in [0.1, 0.15) is 17.1 Å². The van der Waals surface area contributed by atoms with Crippen LogP contribution in [0.25, 0.3) is 16.6 Å². The average molecular weight is 564 g/mol. The highest BCUT2D eigenvalue weighted by atomic mass is 19.3. The zero-order chi connectivity index (χ0) is 29.1. The van der Waals surface area contributed by atoms with Gasteiger partial charge in [-0.05, 0) is 43.7 Å². The van der Waals surface area contributed by atoms with Crippen LogP contribution in [0.3, 0.4) is 0 Å². The highest BCUT2D eigenvalue weighted by molar-refractivity contribution is 6.08. The van der Waals surface area contributed by atoms with Crippen LogP contribution in [-0.4, -0.2) is 60.3 Å². The molecule has 0 unspecified atom stereocenters. The number of carbonyl (C=O) groups excluding carboxylic acids is 1. The number of hydrogen-bond acceptors (Lipinski definition) is 6. The lowest BCUT2D eigenvalue weighted by Gasteiger charge is -2.16. The number of amides is 2. The second-order valence-corrected chi connectivity index (χ2v) is 9.42. The number of nitrogens with one attached hydrogen (secondary N) is 2. The third kappa shape index (κ3) is 6.08. The first-order valence-electron chi connectivity index (χ1n) is 12.8. The van der Waals surface area contributed by atoms with Gasteiger partial charge >= 0.3 is 6.09 Å². The molecule has 0 saturated carbocycles. The summed E-state index contributed by atoms with van der Waals surface area (Å²) in [5.74, 6) is -3.73. The largest absolute Gasteiger partial charge is 0.487 e. The number of carbonyl (C=O) groups is 2. The molecule has 0 spiro atoms. The number of hydrogen-bond donors (Lipinski definition) is 3. The van der Waals surface area contributed by atoms with Crippen molar-refractivity contribution >= 4 is 34.2 Å². The van der Waals surface area contributed by atoms with Gasteiger partial charge in [0.05, 0.1) is 41.9 Å². The van der Waals surface area contributed by atoms with Gasteiger partial charge in [0.15, 0.2) is 6.61 Å². The van der Waals surface area contributed by atoms with Crippen LogP contribution in [0.1, 0.15) is 34.5 Å². The van der Waals surface area contributed by atoms with Crippen LogP contribution in [0, 0.1) is 6.92 Å². The average Bonchev–Trinajstić information content (AvgIpc) is 3.53. The Morgan fingerprint density at radius 2 is 1.95 bits per heavy atom. The molecule has 0 aliphatic heterocycles. The van der Waals surface area contributed by atoms with Crippen LogP contribution >= 0.6 is 0 Å². The van der Waals surface area contributed by atoms with Gasteiger partial charge in [-0.3, -0.25) is 18.9 Å². The Labute approximate surface area is 232 Å². The van der Waals surface area contributed by atoms with Crippen LogP contribution in [0.4, 0.5) is 19.3 Å². The van der Waals surface area contributed by atoms with Gasteiger partial charge in [0, 0.05) is 23.3 Å². The highest BCUT2D eigenvalue weighted by Gasteiger charge is 2.31. The summed E-state index contributed by atoms with van der Waals surface area (Å²) >= 11 is 0. The van der Waals surface area contributed by atoms with Gasteiger partial charge < -0.3 is 20.5 Å². The van der Waals surface area contributed by atoms with E-state index in [9.17, 15) is 18.4 Å². The Morgan fingerprint density at radius 1 is 1.15 bits per heavy atom. The second kappa shape index (κ2) is 11.2. The third-order valence-electron chi connectivity index (χ3n) is 6.36. The van der Waals surface area contributed by atoms with Crippen molar-refractivity contribution in [3.63, 3.8) is 0 Å². The lowest BCUT2D eigenvalue weighted by atomic mass is 10.1. The molecule has 0 radical (unpaired) electrons. The lowest BCUT2D eigenvalue weighted by molar-refractivity contribution is -0.0378. The first kappa shape index (κ1) is 27.5. The van der Waals surface area contributed by atoms with Gasteiger partial charge in [-0.1, -0.05) is 19.1 Å². The van der Waals surface area contributed by atoms with E-state index in [0.29, 0.717) is 24.3 Å². The normalized spacial score (nSPS) is 11.6. The molecular weight excluding hydrogens is 536 g/mol. The van der Waals surface area contributed by atoms with E-state index in [-0.39, 0.29) is 11.4 Å². The summed E-state index contributed by atoms with van der Waals surface area (Å²) in [7, 11) is 0. The highest BCUT2D eigenvalue weighted by Crippen LogP contribution is 2.29. The van der Waals surface area contributed by atoms with E-state index in [2.05, 4.69) is 15.3 Å². The smallest absolute Gasteiger partial charge is 0.404 e. The number of rotatable bonds is 10. The van der Waals surface area contributed by atoms with Crippen LogP contribution in [0.5, 0.6) is 5.75 Å². The molecule has 13 heteroatoms. The first-order valence-corrected chi connectivity index (χ1v) is 12.8. The number of pyridine rings is 2. The van der Waals surface area contributed by atoms with Gasteiger partial charge in [-0.2, -0.15) is 5.10 Å². The maximum atomic E-state index is 13.9. The Morgan fingerprint density at radius 3 is 2.71 bits per heavy atom. The summed E-state index contributed by atoms with van der Waals surface area (Å²) in [5.41, 5.74) is 4.62. The van der Waals surface area contributed by atoms with Gasteiger partial charge in [-0.15, -0.1) is 0 Å². The number of anilines is 1. The molecular formula is C28H27F2N7O4. The van der Waals surface area contributed by atoms with Crippen molar-refractivity contribution in [2.75, 3.05) is 18.5 Å². The summed E-state index contributed by atoms with van der Waals surface area (Å²) in [6, 6.07) is 14.3. The van der Waals surface area contributed by atoms with Crippen molar-refractivity contribution < 1.29 is 28.2 Å². The molecule has 4 heterocycles. The van der Waals surface area contributed by atoms with E-state index in [0.717, 1.165) is 28.0 Å². The molecule has 11 nitrogen and oxygen atoms in total. The van der Waals surface area contributed by atoms with Crippen LogP contribution in [0.15, 0.2) is 60.9 Å². The molecule has 1 aromatic carbocycles. The van der Waals surface area contributed by atoms with Crippen molar-refractivity contribution in [1.82, 2.24) is 29.5 Å². The van der Waals surface area contributed by atoms with Crippen molar-refractivity contribution in [2.45, 2.75) is 32.7 Å². The molecule has 0 bridgehead atoms. The Bertz CT molecular complexity index is 1750. The molecule has 0 atom stereocenters. The monoisotopic (exact) mass is 563 g/mol. The summed E-state index contributed by atoms with van der Waals surface area (Å²) < 4.78 is 36.3. The number of alkyl halides is 2. The fourth-order valence-corrected chi connectivity index (χ4v) is 4.47. The number of fused-ring (bicyclic) bond motifs is 2. The molecule has 41 heavy (non-hydrogen) atoms. The van der Waals surface area contributed by atoms with Crippen molar-refractivity contribution in [2.24, 2.45) is 0 Å². The number of aromatic nitrogens is 5. The van der Waals surface area contributed by atoms with E-state index < -0.39 is 31.1 Å². The molecule has 3 N–H and O–H groups in total. The third-order valence-corrected chi connectivity index (χ3v) is 6.36. The SMILES string of the molecule is CCc1nn(Cc2cccc(C)n2)c2cccc(NC(=O)c3cnc4cc(OCC(F)(F)CNC(=O)O)ccn34)c12. The number of aryl methyl sites for hydroxylation is 2. The number of imidazole rings is 1. The number of ether oxygens (including phenoxy) is 1. The predicted molar refractivity (Wildman–Crippen MR) is 147 cm³/mol. The molecule has 0 fully saturated rings. The molecule has 4 aromatic heterocycles. The summed E-state index contributed by atoms with van der Waals surface area (Å²) in [6.07, 6.45) is 1.98. The molecule has 0 aliphatic rings. The number of halogens is 2. The number of carboxylic acid groups (broad SMARTS) is 1. The Kier molecular flexibility index (Phi) is 7.51. The second-order valence-electron chi connectivity index (χ2n) is 9.42. The minimum Gasteiger partial charge on any atom is -0.487 e. The molecule has 5 rings (SSSR count). The number of nitrogens with zero attached hydrogens (tertiary/aromatic N) is 5. The fraction of sp³-hybridized carbons (Fsp3) is 0.250. The van der Waals surface area contributed by atoms with E-state index in [1.165, 1.54) is 28.9 Å². The minimum absolute atomic E-state index is 0.0953. The van der Waals surface area contributed by atoms with Gasteiger partial charge in [0.2, 0.25) is 0 Å². The molecule has 212 valence electrons. The van der Waals surface area contributed by atoms with E-state index in [1.807, 2.05) is 54.9 Å². The van der Waals surface area contributed by atoms with Gasteiger partial charge in [0.25, 0.3) is 11.8 Å². The number of benzene rings is 1. The van der Waals surface area contributed by atoms with E-state index in [4.69, 9.17) is 14.9 Å².